The van der Waals surface area contributed by atoms with Crippen molar-refractivity contribution >= 4 is 90.1 Å². The summed E-state index contributed by atoms with van der Waals surface area (Å²) < 4.78 is 6.25. The molecule has 0 amide bonds. The van der Waals surface area contributed by atoms with Gasteiger partial charge >= 0.3 is 0 Å². The lowest BCUT2D eigenvalue weighted by molar-refractivity contribution is 0.979. The zero-order chi connectivity index (χ0) is 38.9. The van der Waals surface area contributed by atoms with E-state index in [0.29, 0.717) is 11.6 Å². The van der Waals surface area contributed by atoms with Crippen molar-refractivity contribution in [1.82, 2.24) is 19.9 Å². The Morgan fingerprint density at radius 1 is 0.424 bits per heavy atom. The molecule has 0 spiro atoms. The van der Waals surface area contributed by atoms with Crippen LogP contribution in [0.1, 0.15) is 18.7 Å². The van der Waals surface area contributed by atoms with Crippen molar-refractivity contribution in [3.8, 4) is 55.6 Å². The van der Waals surface area contributed by atoms with Crippen LogP contribution in [0.5, 0.6) is 0 Å². The molecule has 4 aromatic heterocycles. The first-order valence-corrected chi connectivity index (χ1v) is 22.2. The number of thiophene rings is 2. The third-order valence-corrected chi connectivity index (χ3v) is 14.7. The normalized spacial score (nSPS) is 13.0. The molecule has 0 unspecified atom stereocenters. The van der Waals surface area contributed by atoms with Crippen LogP contribution >= 0.6 is 34.0 Å². The van der Waals surface area contributed by atoms with Crippen molar-refractivity contribution in [1.29, 1.82) is 0 Å². The van der Waals surface area contributed by atoms with Crippen molar-refractivity contribution in [3.63, 3.8) is 0 Å². The molecule has 4 heterocycles. The summed E-state index contributed by atoms with van der Waals surface area (Å²) in [5.74, 6) is 2.13. The number of hydrogen-bond donors (Lipinski definition) is 0. The summed E-state index contributed by atoms with van der Waals surface area (Å²) in [7, 11) is 0. The van der Waals surface area contributed by atoms with Crippen molar-refractivity contribution in [2.24, 2.45) is 0 Å². The minimum atomic E-state index is 0.682. The second-order valence-electron chi connectivity index (χ2n) is 14.9. The van der Waals surface area contributed by atoms with Gasteiger partial charge in [0.2, 0.25) is 0 Å². The average Bonchev–Trinajstić information content (AvgIpc) is 4.03. The van der Waals surface area contributed by atoms with Crippen molar-refractivity contribution in [2.75, 3.05) is 0 Å². The van der Waals surface area contributed by atoms with Gasteiger partial charge in [-0.1, -0.05) is 127 Å². The van der Waals surface area contributed by atoms with E-state index in [1.54, 1.807) is 11.3 Å². The standard InChI is InChI=1S/C52H32N4S3/c1-2-11-32(12-3-1)49-54-50(56-51(55-49)40-18-10-22-46-47(40)39-15-4-6-20-43(39)57-46)36-14-8-13-35(29-36)37-16-9-17-38-41-30-34(27-28-44(41)58-48(37)38)31-23-25-33(26-24-31)52-53-42-19-5-7-21-45(42)59-52/h1-2,4-11,13-30H,3,12H2. The van der Waals surface area contributed by atoms with E-state index in [1.807, 2.05) is 28.7 Å². The van der Waals surface area contributed by atoms with Gasteiger partial charge < -0.3 is 0 Å². The van der Waals surface area contributed by atoms with Crippen LogP contribution in [0.4, 0.5) is 0 Å². The maximum atomic E-state index is 5.24. The molecule has 0 atom stereocenters. The van der Waals surface area contributed by atoms with Gasteiger partial charge in [-0.3, -0.25) is 0 Å². The highest BCUT2D eigenvalue weighted by molar-refractivity contribution is 7.26. The molecular weight excluding hydrogens is 777 g/mol. The Morgan fingerprint density at radius 3 is 2.03 bits per heavy atom. The number of para-hydroxylation sites is 1. The van der Waals surface area contributed by atoms with E-state index in [-0.39, 0.29) is 0 Å². The largest absolute Gasteiger partial charge is 0.236 e. The van der Waals surface area contributed by atoms with Crippen LogP contribution in [-0.4, -0.2) is 19.9 Å². The predicted molar refractivity (Wildman–Crippen MR) is 252 cm³/mol. The highest BCUT2D eigenvalue weighted by Crippen LogP contribution is 2.43. The second kappa shape index (κ2) is 14.0. The molecule has 0 aliphatic heterocycles. The van der Waals surface area contributed by atoms with Crippen molar-refractivity contribution < 1.29 is 0 Å². The monoisotopic (exact) mass is 808 g/mol. The Labute approximate surface area is 352 Å². The minimum absolute atomic E-state index is 0.682. The SMILES string of the molecule is C1=CCCC(c2nc(-c3cccc(-c4cccc5c4sc4ccc(-c6ccc(-c7nc8ccccc8s7)cc6)cc45)c3)nc(-c3cccc4sc5ccccc5c34)n2)=C1. The first-order chi connectivity index (χ1) is 29.2. The maximum Gasteiger partial charge on any atom is 0.164 e. The van der Waals surface area contributed by atoms with Crippen LogP contribution in [0.25, 0.3) is 112 Å². The maximum absolute atomic E-state index is 5.24. The lowest BCUT2D eigenvalue weighted by Crippen LogP contribution is -2.04. The molecule has 0 N–H and O–H groups in total. The van der Waals surface area contributed by atoms with Gasteiger partial charge in [0.05, 0.1) is 10.2 Å². The summed E-state index contributed by atoms with van der Waals surface area (Å²) in [6.45, 7) is 0. The highest BCUT2D eigenvalue weighted by Gasteiger charge is 2.19. The van der Waals surface area contributed by atoms with Crippen LogP contribution < -0.4 is 0 Å². The Kier molecular flexibility index (Phi) is 8.18. The summed E-state index contributed by atoms with van der Waals surface area (Å²) in [6, 6.07) is 54.5. The Bertz CT molecular complexity index is 3480. The summed E-state index contributed by atoms with van der Waals surface area (Å²) in [4.78, 5) is 20.5. The first kappa shape index (κ1) is 34.4. The van der Waals surface area contributed by atoms with E-state index in [1.165, 1.54) is 61.7 Å². The van der Waals surface area contributed by atoms with E-state index in [2.05, 4.69) is 164 Å². The van der Waals surface area contributed by atoms with E-state index in [9.17, 15) is 0 Å². The Balaban J connectivity index is 0.935. The molecule has 12 rings (SSSR count). The molecule has 0 saturated carbocycles. The molecule has 0 saturated heterocycles. The van der Waals surface area contributed by atoms with E-state index < -0.39 is 0 Å². The number of nitrogens with zero attached hydrogens (tertiary/aromatic N) is 4. The summed E-state index contributed by atoms with van der Waals surface area (Å²) >= 11 is 5.40. The van der Waals surface area contributed by atoms with Gasteiger partial charge in [0.25, 0.3) is 0 Å². The van der Waals surface area contributed by atoms with Gasteiger partial charge in [-0.25, -0.2) is 19.9 Å². The zero-order valence-corrected chi connectivity index (χ0v) is 34.0. The van der Waals surface area contributed by atoms with Crippen molar-refractivity contribution in [3.05, 3.63) is 176 Å². The summed E-state index contributed by atoms with van der Waals surface area (Å²) in [6.07, 6.45) is 8.34. The molecule has 0 radical (unpaired) electrons. The molecule has 4 nitrogen and oxygen atoms in total. The topological polar surface area (TPSA) is 51.6 Å². The fourth-order valence-electron chi connectivity index (χ4n) is 8.35. The lowest BCUT2D eigenvalue weighted by atomic mass is 9.98. The first-order valence-electron chi connectivity index (χ1n) is 19.8. The molecule has 1 aliphatic rings. The third-order valence-electron chi connectivity index (χ3n) is 11.3. The quantitative estimate of drug-likeness (QED) is 0.168. The number of benzene rings is 7. The Hall–Kier alpha value is -6.64. The molecule has 7 heteroatoms. The molecule has 7 aromatic carbocycles. The van der Waals surface area contributed by atoms with Gasteiger partial charge in [-0.2, -0.15) is 0 Å². The van der Waals surface area contributed by atoms with E-state index in [0.717, 1.165) is 57.0 Å². The van der Waals surface area contributed by atoms with Crippen molar-refractivity contribution in [2.45, 2.75) is 12.8 Å². The number of hydrogen-bond acceptors (Lipinski definition) is 7. The smallest absolute Gasteiger partial charge is 0.164 e. The Morgan fingerprint density at radius 2 is 1.14 bits per heavy atom. The number of aromatic nitrogens is 4. The number of fused-ring (bicyclic) bond motifs is 7. The van der Waals surface area contributed by atoms with Gasteiger partial charge in [0, 0.05) is 57.0 Å². The molecule has 278 valence electrons. The highest BCUT2D eigenvalue weighted by atomic mass is 32.1. The molecule has 0 fully saturated rings. The number of allylic oxidation sites excluding steroid dienone is 4. The average molecular weight is 809 g/mol. The van der Waals surface area contributed by atoms with Crippen LogP contribution in [0.15, 0.2) is 170 Å². The number of rotatable bonds is 6. The molecule has 1 aliphatic carbocycles. The van der Waals surface area contributed by atoms with Gasteiger partial charge in [0.15, 0.2) is 17.5 Å². The summed E-state index contributed by atoms with van der Waals surface area (Å²) in [5.41, 5.74) is 10.1. The number of thiazole rings is 1. The lowest BCUT2D eigenvalue weighted by Gasteiger charge is -2.13. The van der Waals surface area contributed by atoms with Gasteiger partial charge in [-0.15, -0.1) is 34.0 Å². The molecule has 59 heavy (non-hydrogen) atoms. The van der Waals surface area contributed by atoms with Crippen LogP contribution in [0.3, 0.4) is 0 Å². The van der Waals surface area contributed by atoms with Crippen LogP contribution in [-0.2, 0) is 0 Å². The molecule has 0 bridgehead atoms. The van der Waals surface area contributed by atoms with Gasteiger partial charge in [-0.05, 0) is 83.1 Å². The fourth-order valence-corrected chi connectivity index (χ4v) is 11.7. The third kappa shape index (κ3) is 6.00. The zero-order valence-electron chi connectivity index (χ0n) is 31.6. The van der Waals surface area contributed by atoms with E-state index >= 15 is 0 Å². The fraction of sp³-hybridized carbons (Fsp3) is 0.0385. The minimum Gasteiger partial charge on any atom is -0.236 e. The molecular formula is C52H32N4S3. The second-order valence-corrected chi connectivity index (χ2v) is 18.0. The van der Waals surface area contributed by atoms with Crippen LogP contribution in [0.2, 0.25) is 0 Å². The van der Waals surface area contributed by atoms with E-state index in [4.69, 9.17) is 19.9 Å². The molecule has 11 aromatic rings. The van der Waals surface area contributed by atoms with Gasteiger partial charge in [0.1, 0.15) is 5.01 Å². The predicted octanol–water partition coefficient (Wildman–Crippen LogP) is 15.3. The van der Waals surface area contributed by atoms with Crippen LogP contribution in [0, 0.1) is 0 Å². The summed E-state index contributed by atoms with van der Waals surface area (Å²) in [5, 5.41) is 6.01.